The van der Waals surface area contributed by atoms with Crippen molar-refractivity contribution in [3.63, 3.8) is 0 Å². The fourth-order valence-electron chi connectivity index (χ4n) is 1.94. The Morgan fingerprint density at radius 1 is 1.32 bits per heavy atom. The third-order valence-electron chi connectivity index (χ3n) is 3.08. The van der Waals surface area contributed by atoms with E-state index in [1.54, 1.807) is 24.3 Å². The highest BCUT2D eigenvalue weighted by Gasteiger charge is 2.18. The van der Waals surface area contributed by atoms with Crippen LogP contribution in [0.25, 0.3) is 0 Å². The number of hydrogen-bond acceptors (Lipinski definition) is 3. The van der Waals surface area contributed by atoms with Gasteiger partial charge in [0.15, 0.2) is 0 Å². The molecular formula is C15H22O4. The molecule has 0 fully saturated rings. The Kier molecular flexibility index (Phi) is 6.36. The molecule has 1 aromatic rings. The minimum atomic E-state index is -1.02. The van der Waals surface area contributed by atoms with Crippen molar-refractivity contribution in [2.24, 2.45) is 5.92 Å². The van der Waals surface area contributed by atoms with Crippen LogP contribution in [-0.2, 0) is 4.79 Å². The molecule has 0 aliphatic heterocycles. The number of carboxylic acids is 1. The first-order chi connectivity index (χ1) is 9.08. The number of ether oxygens (including phenoxy) is 1. The molecule has 0 spiro atoms. The van der Waals surface area contributed by atoms with Crippen LogP contribution >= 0.6 is 0 Å². The summed E-state index contributed by atoms with van der Waals surface area (Å²) in [6.45, 7) is 4.55. The summed E-state index contributed by atoms with van der Waals surface area (Å²) in [6, 6.07) is 6.88. The molecule has 0 amide bonds. The first kappa shape index (κ1) is 15.5. The van der Waals surface area contributed by atoms with Gasteiger partial charge in [0.05, 0.1) is 13.2 Å². The topological polar surface area (TPSA) is 66.8 Å². The Labute approximate surface area is 114 Å². The van der Waals surface area contributed by atoms with Crippen LogP contribution in [0, 0.1) is 5.92 Å². The van der Waals surface area contributed by atoms with Crippen LogP contribution in [-0.4, -0.2) is 29.4 Å². The maximum Gasteiger partial charge on any atom is 0.313 e. The monoisotopic (exact) mass is 266 g/mol. The first-order valence-corrected chi connectivity index (χ1v) is 6.64. The minimum absolute atomic E-state index is 0.400. The summed E-state index contributed by atoms with van der Waals surface area (Å²) in [5.74, 6) is -0.650. The number of rotatable bonds is 8. The number of aliphatic hydroxyl groups excluding tert-OH is 1. The van der Waals surface area contributed by atoms with Crippen LogP contribution in [0.5, 0.6) is 5.75 Å². The Morgan fingerprint density at radius 2 is 1.95 bits per heavy atom. The molecule has 0 aliphatic carbocycles. The first-order valence-electron chi connectivity index (χ1n) is 6.64. The van der Waals surface area contributed by atoms with Crippen molar-refractivity contribution in [1.82, 2.24) is 0 Å². The Balaban J connectivity index is 2.58. The van der Waals surface area contributed by atoms with Crippen LogP contribution in [0.1, 0.15) is 38.2 Å². The average molecular weight is 266 g/mol. The van der Waals surface area contributed by atoms with Crippen molar-refractivity contribution < 1.29 is 19.7 Å². The summed E-state index contributed by atoms with van der Waals surface area (Å²) in [4.78, 5) is 10.9. The van der Waals surface area contributed by atoms with Crippen molar-refractivity contribution in [3.8, 4) is 5.75 Å². The molecule has 19 heavy (non-hydrogen) atoms. The number of hydrogen-bond donors (Lipinski definition) is 2. The van der Waals surface area contributed by atoms with Crippen molar-refractivity contribution >= 4 is 5.97 Å². The van der Waals surface area contributed by atoms with Gasteiger partial charge in [-0.05, 0) is 30.0 Å². The fourth-order valence-corrected chi connectivity index (χ4v) is 1.94. The molecule has 0 radical (unpaired) electrons. The van der Waals surface area contributed by atoms with Crippen molar-refractivity contribution in [2.75, 3.05) is 13.2 Å². The lowest BCUT2D eigenvalue weighted by molar-refractivity contribution is -0.139. The molecule has 0 aromatic heterocycles. The maximum absolute atomic E-state index is 10.9. The van der Waals surface area contributed by atoms with Gasteiger partial charge in [0, 0.05) is 0 Å². The minimum Gasteiger partial charge on any atom is -0.493 e. The third-order valence-corrected chi connectivity index (χ3v) is 3.08. The van der Waals surface area contributed by atoms with Crippen LogP contribution in [0.3, 0.4) is 0 Å². The van der Waals surface area contributed by atoms with Gasteiger partial charge in [-0.25, -0.2) is 0 Å². The van der Waals surface area contributed by atoms with E-state index in [1.807, 2.05) is 0 Å². The fraction of sp³-hybridized carbons (Fsp3) is 0.533. The molecule has 4 heteroatoms. The van der Waals surface area contributed by atoms with Gasteiger partial charge >= 0.3 is 5.97 Å². The summed E-state index contributed by atoms with van der Waals surface area (Å²) >= 11 is 0. The Hall–Kier alpha value is -1.55. The summed E-state index contributed by atoms with van der Waals surface area (Å²) in [6.07, 6.45) is 2.27. The molecule has 1 aromatic carbocycles. The predicted octanol–water partition coefficient (Wildman–Crippen LogP) is 2.66. The Bertz CT molecular complexity index is 386. The van der Waals surface area contributed by atoms with Crippen molar-refractivity contribution in [3.05, 3.63) is 29.8 Å². The molecular weight excluding hydrogens is 244 g/mol. The van der Waals surface area contributed by atoms with E-state index in [9.17, 15) is 4.79 Å². The molecule has 106 valence electrons. The molecule has 0 saturated carbocycles. The van der Waals surface area contributed by atoms with E-state index in [0.29, 0.717) is 18.1 Å². The highest BCUT2D eigenvalue weighted by atomic mass is 16.5. The second-order valence-electron chi connectivity index (χ2n) is 4.85. The van der Waals surface area contributed by atoms with Crippen molar-refractivity contribution in [1.29, 1.82) is 0 Å². The quantitative estimate of drug-likeness (QED) is 0.759. The lowest BCUT2D eigenvalue weighted by Gasteiger charge is -2.13. The van der Waals surface area contributed by atoms with Gasteiger partial charge in [-0.1, -0.05) is 32.4 Å². The van der Waals surface area contributed by atoms with E-state index in [2.05, 4.69) is 13.8 Å². The lowest BCUT2D eigenvalue weighted by Crippen LogP contribution is -2.15. The molecule has 1 rings (SSSR count). The molecule has 0 aliphatic rings. The van der Waals surface area contributed by atoms with Gasteiger partial charge in [0.2, 0.25) is 0 Å². The van der Waals surface area contributed by atoms with Crippen LogP contribution in [0.4, 0.5) is 0 Å². The summed E-state index contributed by atoms with van der Waals surface area (Å²) in [5.41, 5.74) is 0.587. The summed E-state index contributed by atoms with van der Waals surface area (Å²) in [5, 5.41) is 18.0. The molecule has 0 heterocycles. The Morgan fingerprint density at radius 3 is 2.42 bits per heavy atom. The zero-order chi connectivity index (χ0) is 14.3. The van der Waals surface area contributed by atoms with E-state index in [1.165, 1.54) is 0 Å². The number of aliphatic hydroxyl groups is 1. The number of aliphatic carboxylic acids is 1. The van der Waals surface area contributed by atoms with E-state index >= 15 is 0 Å². The van der Waals surface area contributed by atoms with Crippen LogP contribution in [0.2, 0.25) is 0 Å². The maximum atomic E-state index is 10.9. The number of carbonyl (C=O) groups is 1. The largest absolute Gasteiger partial charge is 0.493 e. The van der Waals surface area contributed by atoms with Crippen LogP contribution in [0.15, 0.2) is 24.3 Å². The van der Waals surface area contributed by atoms with E-state index < -0.39 is 18.5 Å². The zero-order valence-corrected chi connectivity index (χ0v) is 11.5. The van der Waals surface area contributed by atoms with E-state index in [4.69, 9.17) is 14.9 Å². The molecule has 2 N–H and O–H groups in total. The molecule has 1 unspecified atom stereocenters. The second kappa shape index (κ2) is 7.79. The normalized spacial score (nSPS) is 13.8. The second-order valence-corrected chi connectivity index (χ2v) is 4.85. The predicted molar refractivity (Wildman–Crippen MR) is 73.5 cm³/mol. The zero-order valence-electron chi connectivity index (χ0n) is 11.5. The van der Waals surface area contributed by atoms with Crippen molar-refractivity contribution in [2.45, 2.75) is 32.6 Å². The highest BCUT2D eigenvalue weighted by Crippen LogP contribution is 2.20. The molecule has 4 nitrogen and oxygen atoms in total. The smallest absolute Gasteiger partial charge is 0.313 e. The average Bonchev–Trinajstić information content (AvgIpc) is 2.38. The standard InChI is InChI=1S/C15H22O4/c1-3-4-11(2)10-19-13-7-5-12(6-8-13)14(9-16)15(17)18/h5-8,11,14,16H,3-4,9-10H2,1-2H3,(H,17,18)/t11?,14-/m1/s1. The summed E-state index contributed by atoms with van der Waals surface area (Å²) < 4.78 is 5.64. The van der Waals surface area contributed by atoms with E-state index in [0.717, 1.165) is 18.6 Å². The molecule has 0 saturated heterocycles. The van der Waals surface area contributed by atoms with E-state index in [-0.39, 0.29) is 0 Å². The highest BCUT2D eigenvalue weighted by molar-refractivity contribution is 5.76. The van der Waals surface area contributed by atoms with Gasteiger partial charge < -0.3 is 14.9 Å². The SMILES string of the molecule is CCCC(C)COc1ccc([C@@H](CO)C(=O)O)cc1. The van der Waals surface area contributed by atoms with Gasteiger partial charge in [0.1, 0.15) is 11.7 Å². The summed E-state index contributed by atoms with van der Waals surface area (Å²) in [7, 11) is 0. The molecule has 0 bridgehead atoms. The van der Waals surface area contributed by atoms with Gasteiger partial charge in [-0.2, -0.15) is 0 Å². The molecule has 2 atom stereocenters. The number of carboxylic acid groups (broad SMARTS) is 1. The lowest BCUT2D eigenvalue weighted by atomic mass is 10.0. The van der Waals surface area contributed by atoms with Crippen LogP contribution < -0.4 is 4.74 Å². The number of benzene rings is 1. The van der Waals surface area contributed by atoms with Gasteiger partial charge in [-0.3, -0.25) is 4.79 Å². The van der Waals surface area contributed by atoms with Gasteiger partial charge in [-0.15, -0.1) is 0 Å². The third kappa shape index (κ3) is 4.91. The van der Waals surface area contributed by atoms with Gasteiger partial charge in [0.25, 0.3) is 0 Å².